The third-order valence-corrected chi connectivity index (χ3v) is 3.45. The molecule has 0 saturated heterocycles. The molecule has 19 heavy (non-hydrogen) atoms. The monoisotopic (exact) mass is 274 g/mol. The molecule has 0 unspecified atom stereocenters. The quantitative estimate of drug-likeness (QED) is 0.795. The Morgan fingerprint density at radius 1 is 1.26 bits per heavy atom. The Balaban J connectivity index is 2.06. The Morgan fingerprint density at radius 2 is 2.05 bits per heavy atom. The van der Waals surface area contributed by atoms with Gasteiger partial charge in [0.25, 0.3) is 0 Å². The first kappa shape index (κ1) is 12.6. The lowest BCUT2D eigenvalue weighted by Crippen LogP contribution is -1.99. The second-order valence-corrected chi connectivity index (χ2v) is 5.19. The molecule has 1 saturated carbocycles. The number of hydrogen-bond donors (Lipinski definition) is 0. The van der Waals surface area contributed by atoms with Crippen molar-refractivity contribution in [2.45, 2.75) is 25.4 Å². The zero-order chi connectivity index (χ0) is 13.2. The molecule has 1 heterocycles. The van der Waals surface area contributed by atoms with Crippen molar-refractivity contribution < 1.29 is 4.74 Å². The maximum absolute atomic E-state index is 6.08. The van der Waals surface area contributed by atoms with Gasteiger partial charge in [-0.25, -0.2) is 9.97 Å². The molecule has 1 aliphatic carbocycles. The molecule has 1 aromatic heterocycles. The van der Waals surface area contributed by atoms with Gasteiger partial charge in [-0.3, -0.25) is 0 Å². The van der Waals surface area contributed by atoms with Crippen LogP contribution in [0.15, 0.2) is 30.3 Å². The Kier molecular flexibility index (Phi) is 3.49. The summed E-state index contributed by atoms with van der Waals surface area (Å²) in [5.74, 6) is 1.35. The van der Waals surface area contributed by atoms with Gasteiger partial charge in [0, 0.05) is 12.7 Å². The van der Waals surface area contributed by atoms with Crippen LogP contribution in [0.25, 0.3) is 11.4 Å². The molecule has 3 rings (SSSR count). The highest BCUT2D eigenvalue weighted by Crippen LogP contribution is 2.43. The van der Waals surface area contributed by atoms with Crippen molar-refractivity contribution in [1.29, 1.82) is 0 Å². The number of nitrogens with zero attached hydrogens (tertiary/aromatic N) is 2. The molecule has 0 radical (unpaired) electrons. The average Bonchev–Trinajstić information content (AvgIpc) is 3.23. The first-order valence-corrected chi connectivity index (χ1v) is 6.77. The zero-order valence-electron chi connectivity index (χ0n) is 10.8. The topological polar surface area (TPSA) is 35.0 Å². The summed E-state index contributed by atoms with van der Waals surface area (Å²) in [6, 6.07) is 10.1. The number of ether oxygens (including phenoxy) is 1. The van der Waals surface area contributed by atoms with E-state index >= 15 is 0 Å². The highest BCUT2D eigenvalue weighted by molar-refractivity contribution is 6.29. The molecule has 1 fully saturated rings. The number of aromatic nitrogens is 2. The van der Waals surface area contributed by atoms with Crippen LogP contribution in [0.3, 0.4) is 0 Å². The summed E-state index contributed by atoms with van der Waals surface area (Å²) in [6.45, 7) is 0.445. The summed E-state index contributed by atoms with van der Waals surface area (Å²) in [7, 11) is 1.65. The van der Waals surface area contributed by atoms with Crippen LogP contribution in [0.4, 0.5) is 0 Å². The Bertz CT molecular complexity index is 596. The van der Waals surface area contributed by atoms with Crippen molar-refractivity contribution in [1.82, 2.24) is 9.97 Å². The van der Waals surface area contributed by atoms with Gasteiger partial charge < -0.3 is 4.74 Å². The third-order valence-electron chi connectivity index (χ3n) is 3.26. The number of hydrogen-bond acceptors (Lipinski definition) is 3. The van der Waals surface area contributed by atoms with E-state index in [2.05, 4.69) is 28.2 Å². The molecule has 0 amide bonds. The molecule has 0 bridgehead atoms. The fraction of sp³-hybridized carbons (Fsp3) is 0.333. The van der Waals surface area contributed by atoms with Gasteiger partial charge in [0.2, 0.25) is 0 Å². The minimum absolute atomic E-state index is 0.445. The van der Waals surface area contributed by atoms with Crippen molar-refractivity contribution in [2.75, 3.05) is 7.11 Å². The van der Waals surface area contributed by atoms with Crippen molar-refractivity contribution in [3.8, 4) is 11.4 Å². The van der Waals surface area contributed by atoms with Gasteiger partial charge in [0.05, 0.1) is 12.3 Å². The van der Waals surface area contributed by atoms with Gasteiger partial charge in [-0.1, -0.05) is 35.9 Å². The molecule has 1 aliphatic rings. The fourth-order valence-electron chi connectivity index (χ4n) is 2.26. The summed E-state index contributed by atoms with van der Waals surface area (Å²) in [5, 5.41) is 0.461. The van der Waals surface area contributed by atoms with Gasteiger partial charge >= 0.3 is 0 Å². The van der Waals surface area contributed by atoms with Crippen LogP contribution in [0.2, 0.25) is 5.15 Å². The minimum Gasteiger partial charge on any atom is -0.378 e. The van der Waals surface area contributed by atoms with E-state index in [4.69, 9.17) is 16.3 Å². The standard InChI is InChI=1S/C15H15ClN2O/c1-19-9-11-8-14(16)18-15(17-11)13-5-3-2-4-12(13)10-6-7-10/h2-5,8,10H,6-7,9H2,1H3. The molecular weight excluding hydrogens is 260 g/mol. The number of halogens is 1. The normalized spacial score (nSPS) is 14.6. The van der Waals surface area contributed by atoms with E-state index in [1.807, 2.05) is 6.07 Å². The maximum atomic E-state index is 6.08. The van der Waals surface area contributed by atoms with Crippen molar-refractivity contribution in [2.24, 2.45) is 0 Å². The highest BCUT2D eigenvalue weighted by Gasteiger charge is 2.26. The molecule has 2 aromatic rings. The smallest absolute Gasteiger partial charge is 0.161 e. The Labute approximate surface area is 117 Å². The molecule has 98 valence electrons. The first-order chi connectivity index (χ1) is 9.28. The van der Waals surface area contributed by atoms with E-state index in [0.29, 0.717) is 23.5 Å². The SMILES string of the molecule is COCc1cc(Cl)nc(-c2ccccc2C2CC2)n1. The summed E-state index contributed by atoms with van der Waals surface area (Å²) in [4.78, 5) is 8.90. The van der Waals surface area contributed by atoms with Gasteiger partial charge in [-0.2, -0.15) is 0 Å². The Morgan fingerprint density at radius 3 is 2.79 bits per heavy atom. The molecule has 3 nitrogen and oxygen atoms in total. The minimum atomic E-state index is 0.445. The van der Waals surface area contributed by atoms with Crippen LogP contribution in [0, 0.1) is 0 Å². The van der Waals surface area contributed by atoms with Crippen LogP contribution in [0.1, 0.15) is 30.0 Å². The van der Waals surface area contributed by atoms with Crippen molar-refractivity contribution in [3.05, 3.63) is 46.7 Å². The van der Waals surface area contributed by atoms with Crippen molar-refractivity contribution in [3.63, 3.8) is 0 Å². The molecule has 0 spiro atoms. The predicted molar refractivity (Wildman–Crippen MR) is 75.2 cm³/mol. The van der Waals surface area contributed by atoms with E-state index in [-0.39, 0.29) is 0 Å². The van der Waals surface area contributed by atoms with E-state index in [1.54, 1.807) is 13.2 Å². The molecule has 0 aliphatic heterocycles. The largest absolute Gasteiger partial charge is 0.378 e. The second-order valence-electron chi connectivity index (χ2n) is 4.80. The van der Waals surface area contributed by atoms with E-state index in [1.165, 1.54) is 18.4 Å². The third kappa shape index (κ3) is 2.77. The molecule has 0 atom stereocenters. The molecule has 0 N–H and O–H groups in total. The van der Waals surface area contributed by atoms with Gasteiger partial charge in [0.1, 0.15) is 5.15 Å². The van der Waals surface area contributed by atoms with Gasteiger partial charge in [0.15, 0.2) is 5.82 Å². The number of methoxy groups -OCH3 is 1. The Hall–Kier alpha value is -1.45. The van der Waals surface area contributed by atoms with E-state index in [0.717, 1.165) is 11.3 Å². The fourth-order valence-corrected chi connectivity index (χ4v) is 2.46. The van der Waals surface area contributed by atoms with E-state index in [9.17, 15) is 0 Å². The summed E-state index contributed by atoms with van der Waals surface area (Å²) in [6.07, 6.45) is 2.50. The highest BCUT2D eigenvalue weighted by atomic mass is 35.5. The lowest BCUT2D eigenvalue weighted by Gasteiger charge is -2.09. The predicted octanol–water partition coefficient (Wildman–Crippen LogP) is 3.82. The van der Waals surface area contributed by atoms with Gasteiger partial charge in [-0.15, -0.1) is 0 Å². The van der Waals surface area contributed by atoms with Crippen LogP contribution in [-0.2, 0) is 11.3 Å². The molecule has 4 heteroatoms. The molecular formula is C15H15ClN2O. The zero-order valence-corrected chi connectivity index (χ0v) is 11.5. The first-order valence-electron chi connectivity index (χ1n) is 6.39. The summed E-state index contributed by atoms with van der Waals surface area (Å²) >= 11 is 6.08. The number of rotatable bonds is 4. The van der Waals surface area contributed by atoms with Crippen LogP contribution in [-0.4, -0.2) is 17.1 Å². The molecule has 1 aromatic carbocycles. The summed E-state index contributed by atoms with van der Waals surface area (Å²) < 4.78 is 5.11. The van der Waals surface area contributed by atoms with Crippen LogP contribution >= 0.6 is 11.6 Å². The van der Waals surface area contributed by atoms with Crippen molar-refractivity contribution >= 4 is 11.6 Å². The van der Waals surface area contributed by atoms with Crippen LogP contribution in [0.5, 0.6) is 0 Å². The lowest BCUT2D eigenvalue weighted by atomic mass is 10.0. The maximum Gasteiger partial charge on any atom is 0.161 e. The average molecular weight is 275 g/mol. The lowest BCUT2D eigenvalue weighted by molar-refractivity contribution is 0.181. The number of benzene rings is 1. The van der Waals surface area contributed by atoms with E-state index < -0.39 is 0 Å². The van der Waals surface area contributed by atoms with Crippen LogP contribution < -0.4 is 0 Å². The summed E-state index contributed by atoms with van der Waals surface area (Å²) in [5.41, 5.74) is 3.22. The second kappa shape index (κ2) is 5.27. The van der Waals surface area contributed by atoms with Gasteiger partial charge in [-0.05, 0) is 30.4 Å².